The molecular formula is C23H29Br3NO3-. The second-order valence-corrected chi connectivity index (χ2v) is 9.76. The fourth-order valence-electron chi connectivity index (χ4n) is 3.22. The molecule has 7 heteroatoms. The highest BCUT2D eigenvalue weighted by molar-refractivity contribution is 9.13. The van der Waals surface area contributed by atoms with E-state index in [1.807, 2.05) is 30.7 Å². The number of unbranched alkanes of at least 4 members (excludes halogenated alkanes) is 4. The first-order valence-corrected chi connectivity index (χ1v) is 12.6. The molecule has 0 fully saturated rings. The molecule has 0 radical (unpaired) electrons. The van der Waals surface area contributed by atoms with E-state index in [4.69, 9.17) is 0 Å². The molecule has 0 bridgehead atoms. The first-order valence-electron chi connectivity index (χ1n) is 10.2. The average Bonchev–Trinajstić information content (AvgIpc) is 2.97. The molecule has 1 heterocycles. The maximum absolute atomic E-state index is 12.9. The minimum atomic E-state index is -0.920. The van der Waals surface area contributed by atoms with Crippen LogP contribution in [0.4, 0.5) is 0 Å². The van der Waals surface area contributed by atoms with Gasteiger partial charge in [0.1, 0.15) is 0 Å². The molecule has 0 saturated carbocycles. The second-order valence-electron chi connectivity index (χ2n) is 7.19. The number of hydrogen-bond donors (Lipinski definition) is 0. The van der Waals surface area contributed by atoms with E-state index >= 15 is 0 Å². The number of carboxylic acid groups (broad SMARTS) is 1. The van der Waals surface area contributed by atoms with Gasteiger partial charge in [0.25, 0.3) is 0 Å². The molecule has 0 N–H and O–H groups in total. The number of nitrogens with zero attached hydrogens (tertiary/aromatic N) is 1. The summed E-state index contributed by atoms with van der Waals surface area (Å²) in [7, 11) is 1.94. The number of ketones is 1. The van der Waals surface area contributed by atoms with Crippen LogP contribution in [0, 0.1) is 6.92 Å². The number of carbonyl (C=O) groups excluding carboxylic acids is 2. The minimum Gasteiger partial charge on any atom is -0.550 e. The van der Waals surface area contributed by atoms with Gasteiger partial charge in [-0.3, -0.25) is 4.79 Å². The van der Waals surface area contributed by atoms with Crippen molar-refractivity contribution in [2.75, 3.05) is 0 Å². The molecule has 166 valence electrons. The maximum Gasteiger partial charge on any atom is 0.210 e. The highest BCUT2D eigenvalue weighted by Gasteiger charge is 2.21. The number of carboxylic acids is 1. The van der Waals surface area contributed by atoms with Crippen molar-refractivity contribution < 1.29 is 14.7 Å². The molecule has 0 aliphatic heterocycles. The van der Waals surface area contributed by atoms with Crippen molar-refractivity contribution in [1.29, 1.82) is 0 Å². The molecule has 30 heavy (non-hydrogen) atoms. The first kappa shape index (κ1) is 27.1. The summed E-state index contributed by atoms with van der Waals surface area (Å²) in [5.74, 6) is -0.893. The number of benzene rings is 1. The Morgan fingerprint density at radius 1 is 1.00 bits per heavy atom. The van der Waals surface area contributed by atoms with E-state index in [9.17, 15) is 14.7 Å². The molecule has 4 nitrogen and oxygen atoms in total. The molecule has 0 saturated heterocycles. The van der Waals surface area contributed by atoms with Crippen LogP contribution >= 0.6 is 47.8 Å². The smallest absolute Gasteiger partial charge is 0.210 e. The van der Waals surface area contributed by atoms with Gasteiger partial charge >= 0.3 is 0 Å². The molecular weight excluding hydrogens is 578 g/mol. The van der Waals surface area contributed by atoms with E-state index in [1.54, 1.807) is 0 Å². The van der Waals surface area contributed by atoms with Crippen LogP contribution in [0.25, 0.3) is 0 Å². The Kier molecular flexibility index (Phi) is 12.2. The Morgan fingerprint density at radius 2 is 1.63 bits per heavy atom. The third kappa shape index (κ3) is 7.97. The first-order chi connectivity index (χ1) is 14.1. The van der Waals surface area contributed by atoms with Crippen LogP contribution in [-0.2, 0) is 18.3 Å². The fourth-order valence-corrected chi connectivity index (χ4v) is 4.85. The third-order valence-electron chi connectivity index (χ3n) is 4.82. The Hall–Kier alpha value is -0.920. The standard InChI is InChI=1S/C15H14Br3NO.C8H16O2/c1-4-10-5-8(2)14(19(10)3)15(20)11-6-9(16)7-12(17)13(11)18;1-2-3-4-5-6-7-8(9)10/h5-7H,4H2,1-3H3;2-7H2,1H3,(H,9,10)/p-1. The van der Waals surface area contributed by atoms with Gasteiger partial charge in [-0.15, -0.1) is 0 Å². The van der Waals surface area contributed by atoms with E-state index in [0.717, 1.165) is 56.1 Å². The summed E-state index contributed by atoms with van der Waals surface area (Å²) in [6.07, 6.45) is 6.52. The van der Waals surface area contributed by atoms with E-state index in [2.05, 4.69) is 67.7 Å². The molecule has 0 aliphatic rings. The number of hydrogen-bond acceptors (Lipinski definition) is 3. The van der Waals surface area contributed by atoms with Crippen molar-refractivity contribution >= 4 is 59.5 Å². The maximum atomic E-state index is 12.9. The van der Waals surface area contributed by atoms with Crippen molar-refractivity contribution in [3.8, 4) is 0 Å². The highest BCUT2D eigenvalue weighted by Crippen LogP contribution is 2.33. The van der Waals surface area contributed by atoms with E-state index in [0.29, 0.717) is 5.56 Å². The van der Waals surface area contributed by atoms with Gasteiger partial charge in [-0.1, -0.05) is 55.5 Å². The van der Waals surface area contributed by atoms with Gasteiger partial charge in [0, 0.05) is 37.7 Å². The summed E-state index contributed by atoms with van der Waals surface area (Å²) in [6.45, 7) is 6.21. The van der Waals surface area contributed by atoms with Crippen LogP contribution in [-0.4, -0.2) is 16.3 Å². The van der Waals surface area contributed by atoms with Crippen molar-refractivity contribution in [3.05, 3.63) is 54.1 Å². The molecule has 0 atom stereocenters. The lowest BCUT2D eigenvalue weighted by Gasteiger charge is -2.10. The number of aryl methyl sites for hydroxylation is 2. The number of rotatable bonds is 9. The molecule has 1 aromatic heterocycles. The zero-order valence-electron chi connectivity index (χ0n) is 18.0. The lowest BCUT2D eigenvalue weighted by atomic mass is 10.1. The summed E-state index contributed by atoms with van der Waals surface area (Å²) in [5.41, 5.74) is 3.57. The summed E-state index contributed by atoms with van der Waals surface area (Å²) >= 11 is 10.4. The fraction of sp³-hybridized carbons (Fsp3) is 0.478. The Labute approximate surface area is 204 Å². The monoisotopic (exact) mass is 604 g/mol. The van der Waals surface area contributed by atoms with Gasteiger partial charge in [-0.05, 0) is 81.8 Å². The molecule has 0 unspecified atom stereocenters. The predicted octanol–water partition coefficient (Wildman–Crippen LogP) is 6.51. The summed E-state index contributed by atoms with van der Waals surface area (Å²) in [5, 5.41) is 9.92. The molecule has 2 aromatic rings. The summed E-state index contributed by atoms with van der Waals surface area (Å²) < 4.78 is 4.50. The number of aromatic nitrogens is 1. The zero-order valence-corrected chi connectivity index (χ0v) is 22.7. The lowest BCUT2D eigenvalue weighted by Crippen LogP contribution is -2.21. The third-order valence-corrected chi connectivity index (χ3v) is 7.29. The average molecular weight is 607 g/mol. The Balaban J connectivity index is 0.000000382. The normalized spacial score (nSPS) is 10.5. The summed E-state index contributed by atoms with van der Waals surface area (Å²) in [4.78, 5) is 22.8. The van der Waals surface area contributed by atoms with Crippen LogP contribution in [0.15, 0.2) is 31.6 Å². The second kappa shape index (κ2) is 13.5. The number of aliphatic carboxylic acids is 1. The Bertz CT molecular complexity index is 875. The van der Waals surface area contributed by atoms with Crippen LogP contribution in [0.5, 0.6) is 0 Å². The van der Waals surface area contributed by atoms with Crippen LogP contribution in [0.3, 0.4) is 0 Å². The van der Waals surface area contributed by atoms with Gasteiger partial charge in [0.05, 0.1) is 5.69 Å². The van der Waals surface area contributed by atoms with Crippen LogP contribution in [0.1, 0.15) is 79.7 Å². The lowest BCUT2D eigenvalue weighted by molar-refractivity contribution is -0.305. The minimum absolute atomic E-state index is 0.0265. The van der Waals surface area contributed by atoms with Gasteiger partial charge in [0.2, 0.25) is 5.78 Å². The quantitative estimate of drug-likeness (QED) is 0.186. The highest BCUT2D eigenvalue weighted by atomic mass is 79.9. The van der Waals surface area contributed by atoms with Gasteiger partial charge in [0.15, 0.2) is 0 Å². The van der Waals surface area contributed by atoms with Crippen molar-refractivity contribution in [3.63, 3.8) is 0 Å². The molecule has 0 aliphatic carbocycles. The largest absolute Gasteiger partial charge is 0.550 e. The van der Waals surface area contributed by atoms with Crippen molar-refractivity contribution in [2.45, 2.75) is 65.7 Å². The van der Waals surface area contributed by atoms with E-state index in [-0.39, 0.29) is 12.2 Å². The van der Waals surface area contributed by atoms with Crippen molar-refractivity contribution in [1.82, 2.24) is 4.57 Å². The van der Waals surface area contributed by atoms with E-state index < -0.39 is 5.97 Å². The Morgan fingerprint density at radius 3 is 2.17 bits per heavy atom. The van der Waals surface area contributed by atoms with Crippen LogP contribution < -0.4 is 5.11 Å². The van der Waals surface area contributed by atoms with Gasteiger partial charge in [-0.2, -0.15) is 0 Å². The van der Waals surface area contributed by atoms with E-state index in [1.165, 1.54) is 12.8 Å². The zero-order chi connectivity index (χ0) is 22.8. The molecule has 2 rings (SSSR count). The molecule has 0 spiro atoms. The SMILES string of the molecule is CCCCCCCC(=O)[O-].CCc1cc(C)c(C(=O)c2cc(Br)cc(Br)c2Br)n1C. The number of carbonyl (C=O) groups is 2. The van der Waals surface area contributed by atoms with Crippen LogP contribution in [0.2, 0.25) is 0 Å². The summed E-state index contributed by atoms with van der Waals surface area (Å²) in [6, 6.07) is 5.83. The topological polar surface area (TPSA) is 62.1 Å². The predicted molar refractivity (Wildman–Crippen MR) is 131 cm³/mol. The van der Waals surface area contributed by atoms with Gasteiger partial charge in [-0.25, -0.2) is 0 Å². The van der Waals surface area contributed by atoms with Gasteiger partial charge < -0.3 is 14.5 Å². The number of halogens is 3. The van der Waals surface area contributed by atoms with Crippen molar-refractivity contribution in [2.24, 2.45) is 7.05 Å². The molecule has 1 aromatic carbocycles. The molecule has 0 amide bonds.